The molecule has 1 saturated heterocycles. The van der Waals surface area contributed by atoms with E-state index in [1.807, 2.05) is 0 Å². The molecule has 1 heterocycles. The number of piperidine rings is 1. The first-order valence-electron chi connectivity index (χ1n) is 7.72. The largest absolute Gasteiger partial charge is 0.389 e. The Morgan fingerprint density at radius 3 is 1.78 bits per heavy atom. The predicted octanol–water partition coefficient (Wildman–Crippen LogP) is 3.34. The molecule has 5 aliphatic rings. The van der Waals surface area contributed by atoms with Crippen molar-refractivity contribution in [2.45, 2.75) is 57.0 Å². The molecular weight excluding hydrogens is 290 g/mol. The van der Waals surface area contributed by atoms with Crippen LogP contribution in [0.25, 0.3) is 0 Å². The second-order valence-electron chi connectivity index (χ2n) is 7.64. The molecular formula is C15H24BrNO. The van der Waals surface area contributed by atoms with Gasteiger partial charge in [-0.3, -0.25) is 0 Å². The van der Waals surface area contributed by atoms with E-state index in [4.69, 9.17) is 0 Å². The zero-order valence-corrected chi connectivity index (χ0v) is 12.7. The minimum Gasteiger partial charge on any atom is -0.389 e. The molecule has 2 nitrogen and oxygen atoms in total. The molecule has 4 saturated carbocycles. The molecule has 5 fully saturated rings. The lowest BCUT2D eigenvalue weighted by Crippen LogP contribution is -2.60. The molecule has 1 N–H and O–H groups in total. The van der Waals surface area contributed by atoms with Crippen LogP contribution in [0.3, 0.4) is 0 Å². The van der Waals surface area contributed by atoms with Crippen molar-refractivity contribution in [2.75, 3.05) is 13.1 Å². The molecule has 0 unspecified atom stereocenters. The van der Waals surface area contributed by atoms with E-state index >= 15 is 0 Å². The number of halogens is 1. The Balaban J connectivity index is 1.63. The van der Waals surface area contributed by atoms with Gasteiger partial charge in [-0.25, -0.2) is 3.93 Å². The van der Waals surface area contributed by atoms with E-state index < -0.39 is 0 Å². The van der Waals surface area contributed by atoms with E-state index in [0.717, 1.165) is 43.7 Å². The topological polar surface area (TPSA) is 23.5 Å². The second kappa shape index (κ2) is 3.95. The Bertz CT molecular complexity index is 313. The van der Waals surface area contributed by atoms with Crippen LogP contribution in [-0.2, 0) is 0 Å². The standard InChI is InChI=1S/C15H24BrNO/c16-17-3-1-15(18,2-4-17)14-8-11-5-12(9-14)7-13(6-11)10-14/h11-13,18H,1-10H2. The molecule has 0 amide bonds. The normalized spacial score (nSPS) is 50.7. The molecule has 4 bridgehead atoms. The lowest BCUT2D eigenvalue weighted by Gasteiger charge is -2.63. The van der Waals surface area contributed by atoms with Gasteiger partial charge >= 0.3 is 0 Å². The summed E-state index contributed by atoms with van der Waals surface area (Å²) in [6.45, 7) is 2.02. The summed E-state index contributed by atoms with van der Waals surface area (Å²) in [5.41, 5.74) is -0.0523. The summed E-state index contributed by atoms with van der Waals surface area (Å²) in [6, 6.07) is 0. The zero-order chi connectivity index (χ0) is 12.4. The maximum absolute atomic E-state index is 11.3. The summed E-state index contributed by atoms with van der Waals surface area (Å²) >= 11 is 3.57. The highest BCUT2D eigenvalue weighted by Crippen LogP contribution is 2.65. The number of aliphatic hydroxyl groups is 1. The molecule has 0 spiro atoms. The zero-order valence-electron chi connectivity index (χ0n) is 11.1. The maximum atomic E-state index is 11.3. The molecule has 3 heteroatoms. The summed E-state index contributed by atoms with van der Waals surface area (Å²) in [6.07, 6.45) is 10.4. The van der Waals surface area contributed by atoms with Crippen LogP contribution in [0.2, 0.25) is 0 Å². The van der Waals surface area contributed by atoms with Crippen molar-refractivity contribution >= 4 is 16.1 Å². The van der Waals surface area contributed by atoms with Gasteiger partial charge in [-0.2, -0.15) is 0 Å². The summed E-state index contributed by atoms with van der Waals surface area (Å²) in [7, 11) is 0. The second-order valence-corrected chi connectivity index (χ2v) is 8.64. The van der Waals surface area contributed by atoms with Gasteiger partial charge in [0.1, 0.15) is 0 Å². The van der Waals surface area contributed by atoms with Gasteiger partial charge in [-0.05, 0) is 69.1 Å². The third-order valence-corrected chi connectivity index (χ3v) is 7.27. The lowest BCUT2D eigenvalue weighted by molar-refractivity contribution is -0.192. The van der Waals surface area contributed by atoms with Gasteiger partial charge in [0.05, 0.1) is 5.60 Å². The minimum absolute atomic E-state index is 0.302. The van der Waals surface area contributed by atoms with E-state index in [2.05, 4.69) is 20.1 Å². The van der Waals surface area contributed by atoms with E-state index in [9.17, 15) is 5.11 Å². The fourth-order valence-electron chi connectivity index (χ4n) is 6.06. The van der Waals surface area contributed by atoms with Gasteiger partial charge < -0.3 is 5.11 Å². The van der Waals surface area contributed by atoms with Crippen LogP contribution in [0, 0.1) is 23.2 Å². The quantitative estimate of drug-likeness (QED) is 0.751. The Morgan fingerprint density at radius 2 is 1.33 bits per heavy atom. The van der Waals surface area contributed by atoms with Crippen molar-refractivity contribution < 1.29 is 5.11 Å². The van der Waals surface area contributed by atoms with Crippen LogP contribution in [0.1, 0.15) is 51.4 Å². The minimum atomic E-state index is -0.354. The lowest BCUT2D eigenvalue weighted by atomic mass is 9.44. The number of nitrogens with zero attached hydrogens (tertiary/aromatic N) is 1. The molecule has 18 heavy (non-hydrogen) atoms. The number of hydrogen-bond acceptors (Lipinski definition) is 2. The van der Waals surface area contributed by atoms with Crippen LogP contribution < -0.4 is 0 Å². The molecule has 1 aliphatic heterocycles. The van der Waals surface area contributed by atoms with Crippen LogP contribution in [-0.4, -0.2) is 27.7 Å². The SMILES string of the molecule is OC1(C23CC4CC(CC(C4)C2)C3)CCN(Br)CC1. The van der Waals surface area contributed by atoms with Crippen molar-refractivity contribution in [2.24, 2.45) is 23.2 Å². The average Bonchev–Trinajstić information content (AvgIpc) is 2.31. The Labute approximate surface area is 118 Å². The summed E-state index contributed by atoms with van der Waals surface area (Å²) in [4.78, 5) is 0. The fourth-order valence-corrected chi connectivity index (χ4v) is 6.41. The van der Waals surface area contributed by atoms with Gasteiger partial charge in [-0.15, -0.1) is 0 Å². The summed E-state index contributed by atoms with van der Waals surface area (Å²) < 4.78 is 2.20. The van der Waals surface area contributed by atoms with Gasteiger partial charge in [0.15, 0.2) is 0 Å². The number of rotatable bonds is 1. The first kappa shape index (κ1) is 12.2. The van der Waals surface area contributed by atoms with Crippen LogP contribution in [0.15, 0.2) is 0 Å². The van der Waals surface area contributed by atoms with Crippen molar-refractivity contribution in [1.82, 2.24) is 3.93 Å². The Hall–Kier alpha value is 0.400. The summed E-state index contributed by atoms with van der Waals surface area (Å²) in [5.74, 6) is 2.84. The molecule has 0 aromatic carbocycles. The van der Waals surface area contributed by atoms with Gasteiger partial charge in [0.2, 0.25) is 0 Å². The highest BCUT2D eigenvalue weighted by molar-refractivity contribution is 9.07. The molecule has 102 valence electrons. The van der Waals surface area contributed by atoms with Crippen molar-refractivity contribution in [3.05, 3.63) is 0 Å². The van der Waals surface area contributed by atoms with E-state index in [1.54, 1.807) is 0 Å². The molecule has 4 aliphatic carbocycles. The highest BCUT2D eigenvalue weighted by Gasteiger charge is 2.60. The van der Waals surface area contributed by atoms with Crippen molar-refractivity contribution in [3.8, 4) is 0 Å². The molecule has 0 atom stereocenters. The molecule has 0 aromatic heterocycles. The van der Waals surface area contributed by atoms with Crippen LogP contribution in [0.5, 0.6) is 0 Å². The fraction of sp³-hybridized carbons (Fsp3) is 1.00. The summed E-state index contributed by atoms with van der Waals surface area (Å²) in [5, 5.41) is 11.3. The smallest absolute Gasteiger partial charge is 0.0729 e. The number of hydrogen-bond donors (Lipinski definition) is 1. The van der Waals surface area contributed by atoms with Crippen LogP contribution >= 0.6 is 16.1 Å². The third-order valence-electron chi connectivity index (χ3n) is 6.56. The van der Waals surface area contributed by atoms with Gasteiger partial charge in [0, 0.05) is 34.7 Å². The first-order chi connectivity index (χ1) is 8.59. The Morgan fingerprint density at radius 1 is 0.889 bits per heavy atom. The van der Waals surface area contributed by atoms with Crippen molar-refractivity contribution in [1.29, 1.82) is 0 Å². The highest BCUT2D eigenvalue weighted by atomic mass is 79.9. The maximum Gasteiger partial charge on any atom is 0.0729 e. The van der Waals surface area contributed by atoms with E-state index in [0.29, 0.717) is 5.41 Å². The van der Waals surface area contributed by atoms with Crippen LogP contribution in [0.4, 0.5) is 0 Å². The van der Waals surface area contributed by atoms with Crippen molar-refractivity contribution in [3.63, 3.8) is 0 Å². The van der Waals surface area contributed by atoms with Gasteiger partial charge in [0.25, 0.3) is 0 Å². The van der Waals surface area contributed by atoms with Gasteiger partial charge in [-0.1, -0.05) is 0 Å². The molecule has 5 rings (SSSR count). The van der Waals surface area contributed by atoms with E-state index in [-0.39, 0.29) is 5.60 Å². The van der Waals surface area contributed by atoms with E-state index in [1.165, 1.54) is 38.5 Å². The molecule has 0 radical (unpaired) electrons. The predicted molar refractivity (Wildman–Crippen MR) is 75.3 cm³/mol. The molecule has 0 aromatic rings. The third kappa shape index (κ3) is 1.66. The first-order valence-corrected chi connectivity index (χ1v) is 8.43. The Kier molecular flexibility index (Phi) is 2.67. The average molecular weight is 314 g/mol. The monoisotopic (exact) mass is 313 g/mol.